The molecular formula is C14H13ClN4O. The number of anilines is 2. The Morgan fingerprint density at radius 1 is 1.20 bits per heavy atom. The minimum atomic E-state index is -0.158. The van der Waals surface area contributed by atoms with Crippen LogP contribution < -0.4 is 10.6 Å². The van der Waals surface area contributed by atoms with E-state index in [0.717, 1.165) is 18.5 Å². The second kappa shape index (κ2) is 5.46. The van der Waals surface area contributed by atoms with Gasteiger partial charge in [-0.3, -0.25) is 4.79 Å². The Hall–Kier alpha value is -2.14. The SMILES string of the molecule is O=C(NC1CC1)c1ccnc(Nc2ccc(Cl)cc2)n1. The molecule has 1 aromatic heterocycles. The zero-order valence-corrected chi connectivity index (χ0v) is 11.4. The molecule has 0 bridgehead atoms. The number of carbonyl (C=O) groups is 1. The quantitative estimate of drug-likeness (QED) is 0.908. The molecule has 0 aliphatic heterocycles. The summed E-state index contributed by atoms with van der Waals surface area (Å²) in [7, 11) is 0. The van der Waals surface area contributed by atoms with Gasteiger partial charge in [-0.05, 0) is 43.2 Å². The number of amides is 1. The lowest BCUT2D eigenvalue weighted by molar-refractivity contribution is 0.0946. The summed E-state index contributed by atoms with van der Waals surface area (Å²) in [6.45, 7) is 0. The fourth-order valence-corrected chi connectivity index (χ4v) is 1.82. The molecular weight excluding hydrogens is 276 g/mol. The van der Waals surface area contributed by atoms with Gasteiger partial charge in [0.2, 0.25) is 5.95 Å². The van der Waals surface area contributed by atoms with E-state index >= 15 is 0 Å². The number of benzene rings is 1. The maximum absolute atomic E-state index is 11.9. The van der Waals surface area contributed by atoms with Crippen molar-refractivity contribution in [3.63, 3.8) is 0 Å². The van der Waals surface area contributed by atoms with Crippen molar-refractivity contribution in [1.29, 1.82) is 0 Å². The standard InChI is InChI=1S/C14H13ClN4O/c15-9-1-3-11(4-2-9)18-14-16-8-7-12(19-14)13(20)17-10-5-6-10/h1-4,7-8,10H,5-6H2,(H,17,20)(H,16,18,19). The first-order valence-electron chi connectivity index (χ1n) is 6.37. The molecule has 0 atom stereocenters. The Balaban J connectivity index is 1.73. The molecule has 0 spiro atoms. The van der Waals surface area contributed by atoms with E-state index in [1.54, 1.807) is 24.4 Å². The van der Waals surface area contributed by atoms with E-state index in [1.165, 1.54) is 0 Å². The molecule has 102 valence electrons. The zero-order valence-electron chi connectivity index (χ0n) is 10.6. The molecule has 1 amide bonds. The molecule has 5 nitrogen and oxygen atoms in total. The third kappa shape index (κ3) is 3.24. The van der Waals surface area contributed by atoms with Crippen molar-refractivity contribution >= 4 is 29.1 Å². The molecule has 0 radical (unpaired) electrons. The van der Waals surface area contributed by atoms with Crippen LogP contribution in [0.3, 0.4) is 0 Å². The molecule has 1 aromatic carbocycles. The van der Waals surface area contributed by atoms with E-state index in [2.05, 4.69) is 20.6 Å². The number of aromatic nitrogens is 2. The third-order valence-electron chi connectivity index (χ3n) is 2.90. The van der Waals surface area contributed by atoms with Crippen LogP contribution in [0.15, 0.2) is 36.5 Å². The number of hydrogen-bond acceptors (Lipinski definition) is 4. The topological polar surface area (TPSA) is 66.9 Å². The van der Waals surface area contributed by atoms with Crippen LogP contribution in [0.2, 0.25) is 5.02 Å². The van der Waals surface area contributed by atoms with E-state index < -0.39 is 0 Å². The van der Waals surface area contributed by atoms with E-state index in [4.69, 9.17) is 11.6 Å². The van der Waals surface area contributed by atoms with Gasteiger partial charge in [0.25, 0.3) is 5.91 Å². The Morgan fingerprint density at radius 2 is 1.95 bits per heavy atom. The number of nitrogens with one attached hydrogen (secondary N) is 2. The second-order valence-corrected chi connectivity index (χ2v) is 5.08. The number of halogens is 1. The van der Waals surface area contributed by atoms with Crippen LogP contribution in [0.5, 0.6) is 0 Å². The van der Waals surface area contributed by atoms with Crippen molar-refractivity contribution in [3.05, 3.63) is 47.2 Å². The zero-order chi connectivity index (χ0) is 13.9. The highest BCUT2D eigenvalue weighted by Crippen LogP contribution is 2.19. The first-order valence-corrected chi connectivity index (χ1v) is 6.75. The van der Waals surface area contributed by atoms with E-state index in [-0.39, 0.29) is 5.91 Å². The van der Waals surface area contributed by atoms with Crippen LogP contribution in [0.25, 0.3) is 0 Å². The minimum absolute atomic E-state index is 0.158. The number of carbonyl (C=O) groups excluding carboxylic acids is 1. The van der Waals surface area contributed by atoms with Crippen LogP contribution in [0.4, 0.5) is 11.6 Å². The monoisotopic (exact) mass is 288 g/mol. The van der Waals surface area contributed by atoms with Gasteiger partial charge in [0, 0.05) is 22.9 Å². The van der Waals surface area contributed by atoms with Crippen molar-refractivity contribution in [1.82, 2.24) is 15.3 Å². The Kier molecular flexibility index (Phi) is 3.52. The van der Waals surface area contributed by atoms with Crippen molar-refractivity contribution in [3.8, 4) is 0 Å². The summed E-state index contributed by atoms with van der Waals surface area (Å²) >= 11 is 5.82. The van der Waals surface area contributed by atoms with E-state index in [9.17, 15) is 4.79 Å². The molecule has 1 aliphatic rings. The summed E-state index contributed by atoms with van der Waals surface area (Å²) in [5.74, 6) is 0.227. The van der Waals surface area contributed by atoms with Crippen LogP contribution in [-0.4, -0.2) is 21.9 Å². The molecule has 0 saturated heterocycles. The van der Waals surface area contributed by atoms with Gasteiger partial charge >= 0.3 is 0 Å². The fraction of sp³-hybridized carbons (Fsp3) is 0.214. The van der Waals surface area contributed by atoms with Crippen molar-refractivity contribution in [2.45, 2.75) is 18.9 Å². The van der Waals surface area contributed by atoms with Gasteiger partial charge in [0.15, 0.2) is 0 Å². The molecule has 1 heterocycles. The molecule has 2 N–H and O–H groups in total. The molecule has 0 unspecified atom stereocenters. The average molecular weight is 289 g/mol. The second-order valence-electron chi connectivity index (χ2n) is 4.65. The smallest absolute Gasteiger partial charge is 0.270 e. The molecule has 1 fully saturated rings. The molecule has 2 aromatic rings. The van der Waals surface area contributed by atoms with Crippen molar-refractivity contribution in [2.75, 3.05) is 5.32 Å². The maximum Gasteiger partial charge on any atom is 0.270 e. The van der Waals surface area contributed by atoms with Gasteiger partial charge in [-0.2, -0.15) is 0 Å². The van der Waals surface area contributed by atoms with Gasteiger partial charge in [-0.1, -0.05) is 11.6 Å². The van der Waals surface area contributed by atoms with E-state index in [0.29, 0.717) is 22.7 Å². The summed E-state index contributed by atoms with van der Waals surface area (Å²) < 4.78 is 0. The summed E-state index contributed by atoms with van der Waals surface area (Å²) in [5.41, 5.74) is 1.18. The fourth-order valence-electron chi connectivity index (χ4n) is 1.69. The molecule has 1 saturated carbocycles. The summed E-state index contributed by atoms with van der Waals surface area (Å²) in [4.78, 5) is 20.2. The Labute approximate surface area is 121 Å². The average Bonchev–Trinajstić information content (AvgIpc) is 3.26. The van der Waals surface area contributed by atoms with Crippen LogP contribution in [-0.2, 0) is 0 Å². The van der Waals surface area contributed by atoms with Crippen molar-refractivity contribution < 1.29 is 4.79 Å². The van der Waals surface area contributed by atoms with E-state index in [1.807, 2.05) is 12.1 Å². The van der Waals surface area contributed by atoms with Gasteiger partial charge in [0.05, 0.1) is 0 Å². The minimum Gasteiger partial charge on any atom is -0.348 e. The predicted octanol–water partition coefficient (Wildman–Crippen LogP) is 2.77. The third-order valence-corrected chi connectivity index (χ3v) is 3.15. The molecule has 6 heteroatoms. The predicted molar refractivity (Wildman–Crippen MR) is 77.3 cm³/mol. The van der Waals surface area contributed by atoms with Gasteiger partial charge in [-0.25, -0.2) is 9.97 Å². The highest BCUT2D eigenvalue weighted by molar-refractivity contribution is 6.30. The number of nitrogens with zero attached hydrogens (tertiary/aromatic N) is 2. The Bertz CT molecular complexity index is 625. The molecule has 3 rings (SSSR count). The lowest BCUT2D eigenvalue weighted by atomic mass is 10.3. The lowest BCUT2D eigenvalue weighted by Crippen LogP contribution is -2.26. The first kappa shape index (κ1) is 12.9. The van der Waals surface area contributed by atoms with Gasteiger partial charge in [-0.15, -0.1) is 0 Å². The molecule has 20 heavy (non-hydrogen) atoms. The normalized spacial score (nSPS) is 13.8. The van der Waals surface area contributed by atoms with Gasteiger partial charge < -0.3 is 10.6 Å². The van der Waals surface area contributed by atoms with Crippen molar-refractivity contribution in [2.24, 2.45) is 0 Å². The summed E-state index contributed by atoms with van der Waals surface area (Å²) in [6, 6.07) is 9.10. The van der Waals surface area contributed by atoms with Crippen LogP contribution in [0, 0.1) is 0 Å². The Morgan fingerprint density at radius 3 is 2.65 bits per heavy atom. The molecule has 1 aliphatic carbocycles. The highest BCUT2D eigenvalue weighted by atomic mass is 35.5. The van der Waals surface area contributed by atoms with Crippen LogP contribution in [0.1, 0.15) is 23.3 Å². The first-order chi connectivity index (χ1) is 9.70. The lowest BCUT2D eigenvalue weighted by Gasteiger charge is -2.06. The largest absolute Gasteiger partial charge is 0.348 e. The summed E-state index contributed by atoms with van der Waals surface area (Å²) in [6.07, 6.45) is 3.66. The maximum atomic E-state index is 11.9. The number of rotatable bonds is 4. The van der Waals surface area contributed by atoms with Crippen LogP contribution >= 0.6 is 11.6 Å². The van der Waals surface area contributed by atoms with Gasteiger partial charge in [0.1, 0.15) is 5.69 Å². The summed E-state index contributed by atoms with van der Waals surface area (Å²) in [5, 5.41) is 6.59. The number of hydrogen-bond donors (Lipinski definition) is 2. The highest BCUT2D eigenvalue weighted by Gasteiger charge is 2.24.